The molecule has 4 nitrogen and oxygen atoms in total. The quantitative estimate of drug-likeness (QED) is 0.589. The highest BCUT2D eigenvalue weighted by Crippen LogP contribution is 2.17. The molecule has 2 aromatic rings. The van der Waals surface area contributed by atoms with Gasteiger partial charge < -0.3 is 4.74 Å². The fourth-order valence-electron chi connectivity index (χ4n) is 1.91. The van der Waals surface area contributed by atoms with Crippen LogP contribution in [-0.2, 0) is 4.79 Å². The van der Waals surface area contributed by atoms with Crippen LogP contribution in [0.3, 0.4) is 0 Å². The molecule has 1 atom stereocenters. The second-order valence-corrected chi connectivity index (χ2v) is 6.16. The van der Waals surface area contributed by atoms with Crippen LogP contribution >= 0.6 is 15.9 Å². The monoisotopic (exact) mass is 386 g/mol. The van der Waals surface area contributed by atoms with Gasteiger partial charge in [0.1, 0.15) is 5.75 Å². The number of ether oxygens (including phenoxy) is 1. The topological polar surface area (TPSA) is 50.7 Å². The zero-order valence-corrected chi connectivity index (χ0v) is 15.2. The van der Waals surface area contributed by atoms with Gasteiger partial charge in [-0.2, -0.15) is 5.10 Å². The summed E-state index contributed by atoms with van der Waals surface area (Å²) < 4.78 is 6.52. The van der Waals surface area contributed by atoms with E-state index in [0.29, 0.717) is 5.75 Å². The maximum absolute atomic E-state index is 12.0. The Hall–Kier alpha value is -2.40. The van der Waals surface area contributed by atoms with Gasteiger partial charge in [0, 0.05) is 4.47 Å². The molecule has 0 aliphatic rings. The van der Waals surface area contributed by atoms with Crippen molar-refractivity contribution in [3.05, 3.63) is 70.2 Å². The molecule has 0 saturated carbocycles. The molecule has 124 valence electrons. The summed E-state index contributed by atoms with van der Waals surface area (Å²) >= 11 is 3.35. The molecule has 0 spiro atoms. The Morgan fingerprint density at radius 2 is 1.83 bits per heavy atom. The summed E-state index contributed by atoms with van der Waals surface area (Å²) in [5, 5.41) is 3.96. The minimum atomic E-state index is -0.637. The molecule has 0 radical (unpaired) electrons. The standard InChI is InChI=1S/C19H19BrN2O2/c1-14(12-16-6-4-3-5-7-16)13-21-22-19(23)15(2)24-18-10-8-17(20)9-11-18/h3-13,15H,1-2H3,(H,22,23)/b14-12-,21-13+. The number of nitrogens with zero attached hydrogens (tertiary/aromatic N) is 1. The van der Waals surface area contributed by atoms with E-state index in [2.05, 4.69) is 26.5 Å². The van der Waals surface area contributed by atoms with Crippen LogP contribution < -0.4 is 10.2 Å². The molecule has 24 heavy (non-hydrogen) atoms. The Kier molecular flexibility index (Phi) is 6.75. The second kappa shape index (κ2) is 9.03. The van der Waals surface area contributed by atoms with Crippen LogP contribution in [0.1, 0.15) is 19.4 Å². The summed E-state index contributed by atoms with van der Waals surface area (Å²) in [7, 11) is 0. The number of rotatable bonds is 6. The smallest absolute Gasteiger partial charge is 0.280 e. The minimum Gasteiger partial charge on any atom is -0.481 e. The third kappa shape index (κ3) is 6.01. The summed E-state index contributed by atoms with van der Waals surface area (Å²) in [6.07, 6.45) is 2.95. The first-order chi connectivity index (χ1) is 11.5. The van der Waals surface area contributed by atoms with Crippen LogP contribution in [-0.4, -0.2) is 18.2 Å². The Morgan fingerprint density at radius 3 is 2.50 bits per heavy atom. The molecule has 1 amide bonds. The number of hydrogen-bond donors (Lipinski definition) is 1. The summed E-state index contributed by atoms with van der Waals surface area (Å²) in [6, 6.07) is 17.2. The summed E-state index contributed by atoms with van der Waals surface area (Å²) in [4.78, 5) is 12.0. The first kappa shape index (κ1) is 17.9. The Balaban J connectivity index is 1.85. The average Bonchev–Trinajstić information content (AvgIpc) is 2.57. The highest BCUT2D eigenvalue weighted by atomic mass is 79.9. The lowest BCUT2D eigenvalue weighted by atomic mass is 10.1. The van der Waals surface area contributed by atoms with Crippen LogP contribution in [0.15, 0.2) is 69.7 Å². The van der Waals surface area contributed by atoms with Crippen LogP contribution in [0.5, 0.6) is 5.75 Å². The molecule has 0 aliphatic heterocycles. The number of nitrogens with one attached hydrogen (secondary N) is 1. The largest absolute Gasteiger partial charge is 0.481 e. The van der Waals surface area contributed by atoms with Crippen molar-refractivity contribution >= 4 is 34.1 Å². The molecule has 5 heteroatoms. The van der Waals surface area contributed by atoms with Gasteiger partial charge in [-0.15, -0.1) is 0 Å². The van der Waals surface area contributed by atoms with E-state index in [4.69, 9.17) is 4.74 Å². The Bertz CT molecular complexity index is 725. The first-order valence-electron chi connectivity index (χ1n) is 7.53. The van der Waals surface area contributed by atoms with E-state index >= 15 is 0 Å². The number of allylic oxidation sites excluding steroid dienone is 1. The maximum atomic E-state index is 12.0. The number of carbonyl (C=O) groups is 1. The number of carbonyl (C=O) groups excluding carboxylic acids is 1. The van der Waals surface area contributed by atoms with Crippen molar-refractivity contribution in [2.24, 2.45) is 5.10 Å². The summed E-state index contributed by atoms with van der Waals surface area (Å²) in [6.45, 7) is 3.60. The van der Waals surface area contributed by atoms with Gasteiger partial charge in [-0.05, 0) is 49.2 Å². The zero-order valence-electron chi connectivity index (χ0n) is 13.6. The van der Waals surface area contributed by atoms with Gasteiger partial charge in [-0.1, -0.05) is 52.3 Å². The first-order valence-corrected chi connectivity index (χ1v) is 8.32. The van der Waals surface area contributed by atoms with Gasteiger partial charge in [0.15, 0.2) is 6.10 Å². The third-order valence-electron chi connectivity index (χ3n) is 3.13. The van der Waals surface area contributed by atoms with Crippen molar-refractivity contribution in [1.29, 1.82) is 0 Å². The van der Waals surface area contributed by atoms with Crippen molar-refractivity contribution in [2.45, 2.75) is 20.0 Å². The highest BCUT2D eigenvalue weighted by Gasteiger charge is 2.13. The molecule has 2 aromatic carbocycles. The van der Waals surface area contributed by atoms with Gasteiger partial charge in [0.05, 0.1) is 6.21 Å². The van der Waals surface area contributed by atoms with E-state index < -0.39 is 6.10 Å². The van der Waals surface area contributed by atoms with Gasteiger partial charge in [0.25, 0.3) is 5.91 Å². The molecular formula is C19H19BrN2O2. The van der Waals surface area contributed by atoms with E-state index in [1.807, 2.05) is 55.5 Å². The Morgan fingerprint density at radius 1 is 1.17 bits per heavy atom. The fraction of sp³-hybridized carbons (Fsp3) is 0.158. The van der Waals surface area contributed by atoms with Gasteiger partial charge in [0.2, 0.25) is 0 Å². The predicted octanol–water partition coefficient (Wildman–Crippen LogP) is 4.42. The molecule has 0 aromatic heterocycles. The molecule has 0 bridgehead atoms. The second-order valence-electron chi connectivity index (χ2n) is 5.25. The number of amides is 1. The number of halogens is 1. The van der Waals surface area contributed by atoms with Crippen molar-refractivity contribution in [2.75, 3.05) is 0 Å². The number of hydrogen-bond acceptors (Lipinski definition) is 3. The molecule has 0 heterocycles. The minimum absolute atomic E-state index is 0.304. The Labute approximate surface area is 150 Å². The SMILES string of the molecule is CC(=C/c1ccccc1)/C=N/NC(=O)C(C)Oc1ccc(Br)cc1. The van der Waals surface area contributed by atoms with Gasteiger partial charge in [-0.25, -0.2) is 5.43 Å². The van der Waals surface area contributed by atoms with Crippen molar-refractivity contribution in [3.63, 3.8) is 0 Å². The molecule has 0 fully saturated rings. The van der Waals surface area contributed by atoms with Crippen molar-refractivity contribution < 1.29 is 9.53 Å². The van der Waals surface area contributed by atoms with Gasteiger partial charge >= 0.3 is 0 Å². The van der Waals surface area contributed by atoms with Gasteiger partial charge in [-0.3, -0.25) is 4.79 Å². The lowest BCUT2D eigenvalue weighted by Gasteiger charge is -2.12. The van der Waals surface area contributed by atoms with E-state index in [1.54, 1.807) is 25.3 Å². The normalized spacial score (nSPS) is 12.9. The lowest BCUT2D eigenvalue weighted by Crippen LogP contribution is -2.33. The van der Waals surface area contributed by atoms with E-state index in [-0.39, 0.29) is 5.91 Å². The summed E-state index contributed by atoms with van der Waals surface area (Å²) in [5.74, 6) is 0.326. The zero-order chi connectivity index (χ0) is 17.4. The lowest BCUT2D eigenvalue weighted by molar-refractivity contribution is -0.127. The number of hydrazone groups is 1. The predicted molar refractivity (Wildman–Crippen MR) is 101 cm³/mol. The fourth-order valence-corrected chi connectivity index (χ4v) is 2.17. The van der Waals surface area contributed by atoms with Crippen LogP contribution in [0.2, 0.25) is 0 Å². The van der Waals surface area contributed by atoms with E-state index in [9.17, 15) is 4.79 Å². The van der Waals surface area contributed by atoms with Crippen molar-refractivity contribution in [3.8, 4) is 5.75 Å². The van der Waals surface area contributed by atoms with Crippen LogP contribution in [0.4, 0.5) is 0 Å². The molecule has 1 N–H and O–H groups in total. The van der Waals surface area contributed by atoms with E-state index in [0.717, 1.165) is 15.6 Å². The maximum Gasteiger partial charge on any atom is 0.280 e. The number of benzene rings is 2. The average molecular weight is 387 g/mol. The molecular weight excluding hydrogens is 368 g/mol. The molecule has 1 unspecified atom stereocenters. The molecule has 2 rings (SSSR count). The van der Waals surface area contributed by atoms with E-state index in [1.165, 1.54) is 0 Å². The van der Waals surface area contributed by atoms with Crippen molar-refractivity contribution in [1.82, 2.24) is 5.43 Å². The van der Waals surface area contributed by atoms with Crippen LogP contribution in [0, 0.1) is 0 Å². The van der Waals surface area contributed by atoms with Crippen LogP contribution in [0.25, 0.3) is 6.08 Å². The summed E-state index contributed by atoms with van der Waals surface area (Å²) in [5.41, 5.74) is 4.50. The molecule has 0 saturated heterocycles. The highest BCUT2D eigenvalue weighted by molar-refractivity contribution is 9.10. The molecule has 0 aliphatic carbocycles. The third-order valence-corrected chi connectivity index (χ3v) is 3.66.